The molecule has 2 heterocycles. The zero-order chi connectivity index (χ0) is 20.1. The number of oxazole rings is 1. The van der Waals surface area contributed by atoms with E-state index in [1.54, 1.807) is 13.1 Å². The molecule has 1 aromatic heterocycles. The molecule has 2 aromatic rings. The Bertz CT molecular complexity index is 925. The predicted molar refractivity (Wildman–Crippen MR) is 103 cm³/mol. The highest BCUT2D eigenvalue weighted by Crippen LogP contribution is 2.20. The van der Waals surface area contributed by atoms with Crippen molar-refractivity contribution >= 4 is 21.7 Å². The van der Waals surface area contributed by atoms with Crippen LogP contribution in [0.2, 0.25) is 0 Å². The van der Waals surface area contributed by atoms with E-state index < -0.39 is 15.9 Å². The summed E-state index contributed by atoms with van der Waals surface area (Å²) in [4.78, 5) is 30.2. The van der Waals surface area contributed by atoms with E-state index in [0.717, 1.165) is 5.56 Å². The number of hydrogen-bond acceptors (Lipinski definition) is 6. The molecule has 0 spiro atoms. The number of amides is 2. The van der Waals surface area contributed by atoms with Gasteiger partial charge in [-0.1, -0.05) is 30.3 Å². The van der Waals surface area contributed by atoms with Crippen LogP contribution in [-0.4, -0.2) is 60.8 Å². The number of hydrogen-bond donors (Lipinski definition) is 1. The van der Waals surface area contributed by atoms with Crippen molar-refractivity contribution in [3.63, 3.8) is 0 Å². The van der Waals surface area contributed by atoms with Crippen LogP contribution in [0.1, 0.15) is 19.2 Å². The number of rotatable bonds is 6. The van der Waals surface area contributed by atoms with Crippen LogP contribution in [0.15, 0.2) is 40.9 Å². The molecule has 9 heteroatoms. The molecule has 1 N–H and O–H groups in total. The second kappa shape index (κ2) is 8.55. The van der Waals surface area contributed by atoms with Gasteiger partial charge in [0.25, 0.3) is 0 Å². The summed E-state index contributed by atoms with van der Waals surface area (Å²) >= 11 is 0. The van der Waals surface area contributed by atoms with Gasteiger partial charge in [-0.15, -0.1) is 0 Å². The third-order valence-electron chi connectivity index (χ3n) is 4.58. The molecule has 1 aliphatic heterocycles. The lowest BCUT2D eigenvalue weighted by atomic mass is 10.2. The molecule has 28 heavy (non-hydrogen) atoms. The summed E-state index contributed by atoms with van der Waals surface area (Å²) in [7, 11) is -3.05. The van der Waals surface area contributed by atoms with E-state index in [9.17, 15) is 18.0 Å². The van der Waals surface area contributed by atoms with Crippen molar-refractivity contribution in [3.05, 3.63) is 42.4 Å². The minimum Gasteiger partial charge on any atom is -0.441 e. The van der Waals surface area contributed by atoms with Crippen molar-refractivity contribution in [3.8, 4) is 11.3 Å². The monoisotopic (exact) mass is 405 g/mol. The van der Waals surface area contributed by atoms with Crippen molar-refractivity contribution in [2.45, 2.75) is 25.8 Å². The molecular formula is C19H23N3O5S. The number of carbonyl (C=O) groups excluding carboxylic acids is 2. The average Bonchev–Trinajstić information content (AvgIpc) is 3.15. The van der Waals surface area contributed by atoms with Crippen LogP contribution >= 0.6 is 0 Å². The minimum atomic E-state index is -3.05. The Hall–Kier alpha value is -2.68. The van der Waals surface area contributed by atoms with Crippen LogP contribution in [0.4, 0.5) is 0 Å². The number of nitrogens with one attached hydrogen (secondary N) is 1. The molecule has 1 fully saturated rings. The summed E-state index contributed by atoms with van der Waals surface area (Å²) in [5.74, 6) is 0.463. The number of carbonyl (C=O) groups is 2. The number of sulfone groups is 1. The maximum Gasteiger partial charge on any atom is 0.244 e. The zero-order valence-corrected chi connectivity index (χ0v) is 16.4. The average molecular weight is 405 g/mol. The molecule has 1 aromatic carbocycles. The van der Waals surface area contributed by atoms with Gasteiger partial charge in [-0.05, 0) is 6.92 Å². The quantitative estimate of drug-likeness (QED) is 0.769. The molecule has 3 rings (SSSR count). The second-order valence-electron chi connectivity index (χ2n) is 6.75. The van der Waals surface area contributed by atoms with Crippen LogP contribution in [-0.2, 0) is 25.8 Å². The maximum absolute atomic E-state index is 12.4. The molecule has 0 aliphatic carbocycles. The first-order valence-electron chi connectivity index (χ1n) is 9.13. The van der Waals surface area contributed by atoms with Crippen LogP contribution in [0.25, 0.3) is 11.3 Å². The van der Waals surface area contributed by atoms with E-state index in [-0.39, 0.29) is 42.8 Å². The molecule has 1 aliphatic rings. The van der Waals surface area contributed by atoms with Gasteiger partial charge in [-0.3, -0.25) is 9.59 Å². The SMILES string of the molecule is CC(NC(=O)CCc1ncc(-c2ccccc2)o1)C(=O)N1CCS(=O)(=O)CC1. The fraction of sp³-hybridized carbons (Fsp3) is 0.421. The first-order chi connectivity index (χ1) is 13.3. The van der Waals surface area contributed by atoms with Crippen molar-refractivity contribution in [2.75, 3.05) is 24.6 Å². The first kappa shape index (κ1) is 20.1. The fourth-order valence-corrected chi connectivity index (χ4v) is 4.17. The molecule has 2 amide bonds. The van der Waals surface area contributed by atoms with Gasteiger partial charge in [0.05, 0.1) is 17.7 Å². The Morgan fingerprint density at radius 3 is 2.57 bits per heavy atom. The lowest BCUT2D eigenvalue weighted by Crippen LogP contribution is -2.51. The van der Waals surface area contributed by atoms with Crippen LogP contribution in [0, 0.1) is 0 Å². The van der Waals surface area contributed by atoms with E-state index in [2.05, 4.69) is 10.3 Å². The van der Waals surface area contributed by atoms with E-state index in [0.29, 0.717) is 18.1 Å². The fourth-order valence-electron chi connectivity index (χ4n) is 2.96. The van der Waals surface area contributed by atoms with Gasteiger partial charge in [0.2, 0.25) is 11.8 Å². The minimum absolute atomic E-state index is 0.0344. The van der Waals surface area contributed by atoms with Gasteiger partial charge in [-0.25, -0.2) is 13.4 Å². The van der Waals surface area contributed by atoms with Crippen molar-refractivity contribution in [1.82, 2.24) is 15.2 Å². The summed E-state index contributed by atoms with van der Waals surface area (Å²) in [6.07, 6.45) is 2.08. The van der Waals surface area contributed by atoms with E-state index in [1.165, 1.54) is 4.90 Å². The highest BCUT2D eigenvalue weighted by Gasteiger charge is 2.28. The largest absolute Gasteiger partial charge is 0.441 e. The third-order valence-corrected chi connectivity index (χ3v) is 6.19. The summed E-state index contributed by atoms with van der Waals surface area (Å²) in [5, 5.41) is 2.66. The van der Waals surface area contributed by atoms with E-state index >= 15 is 0 Å². The highest BCUT2D eigenvalue weighted by molar-refractivity contribution is 7.91. The van der Waals surface area contributed by atoms with Gasteiger partial charge < -0.3 is 14.6 Å². The summed E-state index contributed by atoms with van der Waals surface area (Å²) in [5.41, 5.74) is 0.911. The van der Waals surface area contributed by atoms with Gasteiger partial charge in [0, 0.05) is 31.5 Å². The van der Waals surface area contributed by atoms with Gasteiger partial charge >= 0.3 is 0 Å². The maximum atomic E-state index is 12.4. The topological polar surface area (TPSA) is 110 Å². The number of aryl methyl sites for hydroxylation is 1. The van der Waals surface area contributed by atoms with Crippen LogP contribution in [0.5, 0.6) is 0 Å². The Labute approximate surface area is 163 Å². The Kier molecular flexibility index (Phi) is 6.13. The van der Waals surface area contributed by atoms with Crippen LogP contribution in [0.3, 0.4) is 0 Å². The third kappa shape index (κ3) is 5.19. The smallest absolute Gasteiger partial charge is 0.244 e. The van der Waals surface area contributed by atoms with Crippen molar-refractivity contribution in [1.29, 1.82) is 0 Å². The number of aromatic nitrogens is 1. The lowest BCUT2D eigenvalue weighted by Gasteiger charge is -2.29. The molecule has 1 atom stereocenters. The molecular weight excluding hydrogens is 382 g/mol. The Balaban J connectivity index is 1.46. The molecule has 1 saturated heterocycles. The summed E-state index contributed by atoms with van der Waals surface area (Å²) in [6.45, 7) is 1.93. The highest BCUT2D eigenvalue weighted by atomic mass is 32.2. The summed E-state index contributed by atoms with van der Waals surface area (Å²) < 4.78 is 28.6. The van der Waals surface area contributed by atoms with E-state index in [4.69, 9.17) is 4.42 Å². The molecule has 1 unspecified atom stereocenters. The zero-order valence-electron chi connectivity index (χ0n) is 15.6. The molecule has 0 saturated carbocycles. The van der Waals surface area contributed by atoms with Gasteiger partial charge in [0.15, 0.2) is 21.5 Å². The standard InChI is InChI=1S/C19H23N3O5S/c1-14(19(24)22-9-11-28(25,26)12-10-22)21-17(23)7-8-18-20-13-16(27-18)15-5-3-2-4-6-15/h2-6,13-14H,7-12H2,1H3,(H,21,23). The predicted octanol–water partition coefficient (Wildman–Crippen LogP) is 1.04. The van der Waals surface area contributed by atoms with Crippen molar-refractivity contribution in [2.24, 2.45) is 0 Å². The second-order valence-corrected chi connectivity index (χ2v) is 9.05. The Morgan fingerprint density at radius 2 is 1.89 bits per heavy atom. The van der Waals surface area contributed by atoms with Gasteiger partial charge in [-0.2, -0.15) is 0 Å². The van der Waals surface area contributed by atoms with Crippen molar-refractivity contribution < 1.29 is 22.4 Å². The number of benzene rings is 1. The molecule has 150 valence electrons. The molecule has 8 nitrogen and oxygen atoms in total. The molecule has 0 radical (unpaired) electrons. The van der Waals surface area contributed by atoms with E-state index in [1.807, 2.05) is 30.3 Å². The van der Waals surface area contributed by atoms with Gasteiger partial charge in [0.1, 0.15) is 6.04 Å². The van der Waals surface area contributed by atoms with Crippen LogP contribution < -0.4 is 5.32 Å². The molecule has 0 bridgehead atoms. The first-order valence-corrected chi connectivity index (χ1v) is 10.9. The number of nitrogens with zero attached hydrogens (tertiary/aromatic N) is 2. The Morgan fingerprint density at radius 1 is 1.21 bits per heavy atom. The summed E-state index contributed by atoms with van der Waals surface area (Å²) in [6, 6.07) is 8.84. The lowest BCUT2D eigenvalue weighted by molar-refractivity contribution is -0.135. The normalized spacial score (nSPS) is 17.1.